The highest BCUT2D eigenvalue weighted by molar-refractivity contribution is 5.50. The molecule has 0 unspecified atom stereocenters. The zero-order valence-corrected chi connectivity index (χ0v) is 8.83. The van der Waals surface area contributed by atoms with Crippen molar-refractivity contribution in [2.75, 3.05) is 11.9 Å². The maximum absolute atomic E-state index is 5.85. The number of nitrogens with one attached hydrogen (secondary N) is 1. The molecule has 0 saturated heterocycles. The number of aromatic nitrogens is 1. The lowest BCUT2D eigenvalue weighted by Gasteiger charge is -2.12. The van der Waals surface area contributed by atoms with Crippen LogP contribution < -0.4 is 10.1 Å². The summed E-state index contributed by atoms with van der Waals surface area (Å²) in [5.74, 6) is 1.81. The van der Waals surface area contributed by atoms with Crippen LogP contribution in [0.2, 0.25) is 0 Å². The first-order valence-corrected chi connectivity index (χ1v) is 5.82. The number of hydrogen-bond donors (Lipinski definition) is 1. The molecule has 3 heteroatoms. The molecule has 1 aliphatic heterocycles. The Morgan fingerprint density at radius 2 is 2.13 bits per heavy atom. The molecule has 2 aliphatic rings. The highest BCUT2D eigenvalue weighted by Crippen LogP contribution is 2.26. The van der Waals surface area contributed by atoms with Crippen molar-refractivity contribution >= 4 is 5.82 Å². The van der Waals surface area contributed by atoms with Crippen LogP contribution in [0.4, 0.5) is 5.82 Å². The van der Waals surface area contributed by atoms with E-state index in [-0.39, 0.29) is 0 Å². The van der Waals surface area contributed by atoms with Crippen LogP contribution in [0.15, 0.2) is 12.1 Å². The minimum atomic E-state index is 0.400. The number of anilines is 1. The van der Waals surface area contributed by atoms with Crippen LogP contribution in [-0.2, 0) is 6.42 Å². The summed E-state index contributed by atoms with van der Waals surface area (Å²) in [7, 11) is 0. The molecule has 0 bridgehead atoms. The summed E-state index contributed by atoms with van der Waals surface area (Å²) in [6.45, 7) is 1.01. The van der Waals surface area contributed by atoms with Crippen molar-refractivity contribution in [1.29, 1.82) is 0 Å². The highest BCUT2D eigenvalue weighted by atomic mass is 16.5. The maximum Gasteiger partial charge on any atom is 0.215 e. The largest absolute Gasteiger partial charge is 0.474 e. The van der Waals surface area contributed by atoms with Gasteiger partial charge in [0.1, 0.15) is 11.9 Å². The molecule has 3 rings (SSSR count). The summed E-state index contributed by atoms with van der Waals surface area (Å²) >= 11 is 0. The third-order valence-corrected chi connectivity index (χ3v) is 3.23. The van der Waals surface area contributed by atoms with Crippen LogP contribution in [0.25, 0.3) is 0 Å². The van der Waals surface area contributed by atoms with E-state index in [1.54, 1.807) is 0 Å². The van der Waals surface area contributed by atoms with Gasteiger partial charge < -0.3 is 10.1 Å². The van der Waals surface area contributed by atoms with Crippen molar-refractivity contribution in [3.05, 3.63) is 17.7 Å². The fraction of sp³-hybridized carbons (Fsp3) is 0.583. The predicted molar refractivity (Wildman–Crippen MR) is 59.3 cm³/mol. The average molecular weight is 204 g/mol. The van der Waals surface area contributed by atoms with E-state index in [0.717, 1.165) is 24.7 Å². The van der Waals surface area contributed by atoms with Gasteiger partial charge in [-0.25, -0.2) is 0 Å². The quantitative estimate of drug-likeness (QED) is 0.803. The molecule has 0 spiro atoms. The second-order valence-electron chi connectivity index (χ2n) is 4.36. The topological polar surface area (TPSA) is 34.1 Å². The summed E-state index contributed by atoms with van der Waals surface area (Å²) in [4.78, 5) is 4.48. The average Bonchev–Trinajstić information content (AvgIpc) is 2.87. The predicted octanol–water partition coefficient (Wildman–Crippen LogP) is 2.37. The van der Waals surface area contributed by atoms with E-state index in [4.69, 9.17) is 4.74 Å². The fourth-order valence-corrected chi connectivity index (χ4v) is 2.38. The number of rotatable bonds is 2. The normalized spacial score (nSPS) is 20.0. The van der Waals surface area contributed by atoms with Crippen LogP contribution in [0, 0.1) is 0 Å². The molecule has 2 heterocycles. The van der Waals surface area contributed by atoms with Crippen molar-refractivity contribution < 1.29 is 4.74 Å². The number of ether oxygens (including phenoxy) is 1. The van der Waals surface area contributed by atoms with Gasteiger partial charge in [-0.15, -0.1) is 0 Å². The highest BCUT2D eigenvalue weighted by Gasteiger charge is 2.18. The van der Waals surface area contributed by atoms with E-state index in [2.05, 4.69) is 16.4 Å². The zero-order valence-electron chi connectivity index (χ0n) is 8.83. The van der Waals surface area contributed by atoms with Gasteiger partial charge in [-0.2, -0.15) is 4.98 Å². The Kier molecular flexibility index (Phi) is 2.24. The Morgan fingerprint density at radius 3 is 3.00 bits per heavy atom. The monoisotopic (exact) mass is 204 g/mol. The Bertz CT molecular complexity index is 359. The molecule has 1 aliphatic carbocycles. The Hall–Kier alpha value is -1.25. The van der Waals surface area contributed by atoms with Gasteiger partial charge >= 0.3 is 0 Å². The standard InChI is InChI=1S/C12H16N2O/c1-2-4-10(3-1)15-11-6-5-9-7-8-13-12(9)14-11/h5-6,10H,1-4,7-8H2,(H,13,14). The Balaban J connectivity index is 1.75. The Labute approximate surface area is 89.9 Å². The van der Waals surface area contributed by atoms with E-state index >= 15 is 0 Å². The minimum Gasteiger partial charge on any atom is -0.474 e. The third kappa shape index (κ3) is 1.78. The second kappa shape index (κ2) is 3.72. The van der Waals surface area contributed by atoms with Gasteiger partial charge in [-0.3, -0.25) is 0 Å². The number of hydrogen-bond acceptors (Lipinski definition) is 3. The first kappa shape index (κ1) is 9.01. The fourth-order valence-electron chi connectivity index (χ4n) is 2.38. The van der Waals surface area contributed by atoms with Crippen molar-refractivity contribution in [2.45, 2.75) is 38.2 Å². The Morgan fingerprint density at radius 1 is 1.27 bits per heavy atom. The molecule has 0 atom stereocenters. The number of nitrogens with zero attached hydrogens (tertiary/aromatic N) is 1. The van der Waals surface area contributed by atoms with Crippen molar-refractivity contribution in [3.8, 4) is 5.88 Å². The van der Waals surface area contributed by atoms with Crippen molar-refractivity contribution in [3.63, 3.8) is 0 Å². The molecule has 1 N–H and O–H groups in total. The maximum atomic E-state index is 5.85. The summed E-state index contributed by atoms with van der Waals surface area (Å²) in [6.07, 6.45) is 6.46. The molecular formula is C12H16N2O. The summed E-state index contributed by atoms with van der Waals surface area (Å²) in [5, 5.41) is 3.27. The summed E-state index contributed by atoms with van der Waals surface area (Å²) in [5.41, 5.74) is 1.31. The molecule has 1 aromatic heterocycles. The first-order chi connectivity index (χ1) is 7.42. The molecule has 0 radical (unpaired) electrons. The van der Waals surface area contributed by atoms with E-state index < -0.39 is 0 Å². The van der Waals surface area contributed by atoms with Crippen LogP contribution in [0.5, 0.6) is 5.88 Å². The molecule has 80 valence electrons. The number of pyridine rings is 1. The van der Waals surface area contributed by atoms with Gasteiger partial charge in [0.15, 0.2) is 0 Å². The van der Waals surface area contributed by atoms with Gasteiger partial charge in [0.2, 0.25) is 5.88 Å². The lowest BCUT2D eigenvalue weighted by molar-refractivity contribution is 0.202. The van der Waals surface area contributed by atoms with E-state index in [9.17, 15) is 0 Å². The molecule has 3 nitrogen and oxygen atoms in total. The van der Waals surface area contributed by atoms with Crippen LogP contribution in [0.1, 0.15) is 31.2 Å². The van der Waals surface area contributed by atoms with E-state index in [0.29, 0.717) is 6.10 Å². The van der Waals surface area contributed by atoms with E-state index in [1.165, 1.54) is 31.2 Å². The second-order valence-corrected chi connectivity index (χ2v) is 4.36. The summed E-state index contributed by atoms with van der Waals surface area (Å²) in [6, 6.07) is 4.14. The SMILES string of the molecule is c1cc2c(nc1OC1CCCC1)NCC2. The molecule has 1 saturated carbocycles. The first-order valence-electron chi connectivity index (χ1n) is 5.82. The van der Waals surface area contributed by atoms with Crippen LogP contribution >= 0.6 is 0 Å². The van der Waals surface area contributed by atoms with Gasteiger partial charge in [0, 0.05) is 12.6 Å². The minimum absolute atomic E-state index is 0.400. The lowest BCUT2D eigenvalue weighted by Crippen LogP contribution is -2.12. The van der Waals surface area contributed by atoms with Gasteiger partial charge in [0.25, 0.3) is 0 Å². The van der Waals surface area contributed by atoms with Crippen LogP contribution in [0.3, 0.4) is 0 Å². The molecule has 15 heavy (non-hydrogen) atoms. The van der Waals surface area contributed by atoms with Gasteiger partial charge in [-0.1, -0.05) is 0 Å². The van der Waals surface area contributed by atoms with E-state index in [1.807, 2.05) is 6.07 Å². The zero-order chi connectivity index (χ0) is 10.1. The smallest absolute Gasteiger partial charge is 0.215 e. The third-order valence-electron chi connectivity index (χ3n) is 3.23. The van der Waals surface area contributed by atoms with Crippen molar-refractivity contribution in [1.82, 2.24) is 4.98 Å². The molecule has 0 amide bonds. The summed E-state index contributed by atoms with van der Waals surface area (Å²) < 4.78 is 5.85. The van der Waals surface area contributed by atoms with Gasteiger partial charge in [-0.05, 0) is 43.7 Å². The van der Waals surface area contributed by atoms with Crippen LogP contribution in [-0.4, -0.2) is 17.6 Å². The van der Waals surface area contributed by atoms with Crippen molar-refractivity contribution in [2.24, 2.45) is 0 Å². The molecule has 0 aromatic carbocycles. The lowest BCUT2D eigenvalue weighted by atomic mass is 10.2. The van der Waals surface area contributed by atoms with Gasteiger partial charge in [0.05, 0.1) is 0 Å². The molecular weight excluding hydrogens is 188 g/mol. The number of fused-ring (bicyclic) bond motifs is 1. The molecule has 1 aromatic rings. The molecule has 1 fully saturated rings.